The maximum absolute atomic E-state index is 14.0. The number of alkyl halides is 3. The van der Waals surface area contributed by atoms with Crippen molar-refractivity contribution in [1.29, 1.82) is 0 Å². The van der Waals surface area contributed by atoms with Crippen molar-refractivity contribution in [3.63, 3.8) is 0 Å². The summed E-state index contributed by atoms with van der Waals surface area (Å²) in [6.07, 6.45) is -4.85. The van der Waals surface area contributed by atoms with E-state index >= 15 is 0 Å². The summed E-state index contributed by atoms with van der Waals surface area (Å²) in [6, 6.07) is 31.7. The lowest BCUT2D eigenvalue weighted by Crippen LogP contribution is -2.49. The van der Waals surface area contributed by atoms with Crippen molar-refractivity contribution in [3.8, 4) is 17.6 Å². The highest BCUT2D eigenvalue weighted by Crippen LogP contribution is 2.36. The molecule has 9 nitrogen and oxygen atoms in total. The van der Waals surface area contributed by atoms with E-state index in [-0.39, 0.29) is 29.5 Å². The van der Waals surface area contributed by atoms with Crippen LogP contribution in [0.5, 0.6) is 5.75 Å². The second-order valence-electron chi connectivity index (χ2n) is 12.4. The molecule has 6 rings (SSSR count). The number of halogens is 3. The minimum atomic E-state index is -4.85. The number of thioether (sulfide) groups is 1. The summed E-state index contributed by atoms with van der Waals surface area (Å²) in [7, 11) is -4.66. The van der Waals surface area contributed by atoms with Gasteiger partial charge in [-0.3, -0.25) is 9.59 Å². The van der Waals surface area contributed by atoms with E-state index < -0.39 is 32.6 Å². The smallest absolute Gasteiger partial charge is 0.418 e. The Labute approximate surface area is 321 Å². The van der Waals surface area contributed by atoms with Crippen LogP contribution in [-0.4, -0.2) is 68.7 Å². The van der Waals surface area contributed by atoms with E-state index in [1.807, 2.05) is 40.0 Å². The number of amides is 2. The van der Waals surface area contributed by atoms with Gasteiger partial charge in [-0.1, -0.05) is 48.2 Å². The van der Waals surface area contributed by atoms with Crippen LogP contribution in [0.2, 0.25) is 0 Å². The molecule has 0 aromatic heterocycles. The van der Waals surface area contributed by atoms with Crippen LogP contribution in [0.25, 0.3) is 0 Å². The Balaban J connectivity index is 1.05. The number of phenols is 1. The van der Waals surface area contributed by atoms with Crippen LogP contribution >= 0.6 is 11.8 Å². The fourth-order valence-corrected chi connectivity index (χ4v) is 7.64. The molecule has 2 amide bonds. The van der Waals surface area contributed by atoms with E-state index in [1.54, 1.807) is 65.6 Å². The average Bonchev–Trinajstić information content (AvgIpc) is 3.18. The molecule has 5 aromatic carbocycles. The van der Waals surface area contributed by atoms with Gasteiger partial charge in [0.15, 0.2) is 0 Å². The fourth-order valence-electron chi connectivity index (χ4n) is 5.85. The molecule has 0 atom stereocenters. The van der Waals surface area contributed by atoms with Crippen LogP contribution in [0.1, 0.15) is 37.4 Å². The quantitative estimate of drug-likeness (QED) is 0.0781. The molecule has 0 spiro atoms. The molecule has 0 saturated carbocycles. The molecule has 0 aliphatic carbocycles. The number of aromatic hydroxyl groups is 1. The lowest BCUT2D eigenvalue weighted by molar-refractivity contribution is -0.137. The zero-order chi connectivity index (χ0) is 39.0. The van der Waals surface area contributed by atoms with Gasteiger partial charge in [0.05, 0.1) is 16.0 Å². The maximum Gasteiger partial charge on any atom is 0.418 e. The highest BCUT2D eigenvalue weighted by Gasteiger charge is 2.35. The standard InChI is InChI=1S/C41H35F3N4O5S2/c42-41(43,44)37-28-35(19-20-38(37)45-21-26-54-34-10-2-1-3-11-34)55(52,53)46-39(50)31-15-17-32(18-16-31)47-22-24-48(25-23-47)40(51)36-12-5-4-8-30(36)14-13-29-7-6-9-33(49)27-29/h1-12,15-20,27-28,45,49H,21-26H2,(H,46,50). The van der Waals surface area contributed by atoms with E-state index in [9.17, 15) is 36.3 Å². The number of sulfonamides is 1. The Morgan fingerprint density at radius 3 is 2.22 bits per heavy atom. The lowest BCUT2D eigenvalue weighted by Gasteiger charge is -2.36. The van der Waals surface area contributed by atoms with E-state index in [4.69, 9.17) is 0 Å². The largest absolute Gasteiger partial charge is 0.508 e. The Hall–Kier alpha value is -5.91. The zero-order valence-electron chi connectivity index (χ0n) is 29.2. The van der Waals surface area contributed by atoms with E-state index in [0.29, 0.717) is 54.7 Å². The average molecular weight is 785 g/mol. The summed E-state index contributed by atoms with van der Waals surface area (Å²) in [5.74, 6) is 5.43. The molecule has 282 valence electrons. The van der Waals surface area contributed by atoms with Gasteiger partial charge >= 0.3 is 6.18 Å². The number of phenolic OH excluding ortho intramolecular Hbond substituents is 1. The number of hydrogen-bond acceptors (Lipinski definition) is 8. The fraction of sp³-hybridized carbons (Fsp3) is 0.171. The van der Waals surface area contributed by atoms with Gasteiger partial charge in [0.25, 0.3) is 21.8 Å². The monoisotopic (exact) mass is 784 g/mol. The van der Waals surface area contributed by atoms with Crippen molar-refractivity contribution >= 4 is 45.0 Å². The number of piperazine rings is 1. The molecule has 1 aliphatic rings. The lowest BCUT2D eigenvalue weighted by atomic mass is 10.1. The molecule has 1 saturated heterocycles. The third kappa shape index (κ3) is 10.00. The summed E-state index contributed by atoms with van der Waals surface area (Å²) >= 11 is 1.46. The minimum absolute atomic E-state index is 0.00480. The summed E-state index contributed by atoms with van der Waals surface area (Å²) in [6.45, 7) is 1.99. The third-order valence-corrected chi connectivity index (χ3v) is 11.0. The zero-order valence-corrected chi connectivity index (χ0v) is 30.8. The highest BCUT2D eigenvalue weighted by molar-refractivity contribution is 7.99. The molecular formula is C41H35F3N4O5S2. The number of benzene rings is 5. The topological polar surface area (TPSA) is 119 Å². The van der Waals surface area contributed by atoms with Crippen molar-refractivity contribution in [1.82, 2.24) is 9.62 Å². The van der Waals surface area contributed by atoms with E-state index in [1.165, 1.54) is 23.9 Å². The molecule has 1 fully saturated rings. The van der Waals surface area contributed by atoms with Gasteiger partial charge in [0.2, 0.25) is 0 Å². The Morgan fingerprint density at radius 2 is 1.51 bits per heavy atom. The Bertz CT molecular complexity index is 2340. The minimum Gasteiger partial charge on any atom is -0.508 e. The van der Waals surface area contributed by atoms with Gasteiger partial charge in [-0.2, -0.15) is 13.2 Å². The van der Waals surface area contributed by atoms with Gasteiger partial charge in [0, 0.05) is 71.4 Å². The second-order valence-corrected chi connectivity index (χ2v) is 15.3. The molecule has 3 N–H and O–H groups in total. The number of carbonyl (C=O) groups excluding carboxylic acids is 2. The number of nitrogens with zero attached hydrogens (tertiary/aromatic N) is 2. The molecule has 0 radical (unpaired) electrons. The molecular weight excluding hydrogens is 750 g/mol. The van der Waals surface area contributed by atoms with Gasteiger partial charge in [-0.15, -0.1) is 11.8 Å². The first-order chi connectivity index (χ1) is 26.4. The van der Waals surface area contributed by atoms with E-state index in [0.717, 1.165) is 22.7 Å². The van der Waals surface area contributed by atoms with Crippen LogP contribution in [0, 0.1) is 11.8 Å². The van der Waals surface area contributed by atoms with Crippen molar-refractivity contribution in [3.05, 3.63) is 149 Å². The predicted octanol–water partition coefficient (Wildman–Crippen LogP) is 7.10. The van der Waals surface area contributed by atoms with E-state index in [2.05, 4.69) is 17.2 Å². The predicted molar refractivity (Wildman–Crippen MR) is 207 cm³/mol. The van der Waals surface area contributed by atoms with Crippen LogP contribution < -0.4 is 14.9 Å². The summed E-state index contributed by atoms with van der Waals surface area (Å²) in [5, 5.41) is 12.5. The summed E-state index contributed by atoms with van der Waals surface area (Å²) in [4.78, 5) is 30.5. The first-order valence-corrected chi connectivity index (χ1v) is 19.6. The summed E-state index contributed by atoms with van der Waals surface area (Å²) in [5.41, 5.74) is 0.940. The Kier molecular flexibility index (Phi) is 12.0. The highest BCUT2D eigenvalue weighted by atomic mass is 32.2. The molecule has 0 unspecified atom stereocenters. The van der Waals surface area contributed by atoms with Crippen LogP contribution in [-0.2, 0) is 16.2 Å². The van der Waals surface area contributed by atoms with Gasteiger partial charge in [-0.25, -0.2) is 13.1 Å². The van der Waals surface area contributed by atoms with Crippen LogP contribution in [0.4, 0.5) is 24.5 Å². The number of hydrogen-bond donors (Lipinski definition) is 3. The molecule has 55 heavy (non-hydrogen) atoms. The number of nitrogens with one attached hydrogen (secondary N) is 2. The van der Waals surface area contributed by atoms with Crippen molar-refractivity contribution in [2.24, 2.45) is 0 Å². The van der Waals surface area contributed by atoms with Crippen molar-refractivity contribution in [2.45, 2.75) is 16.0 Å². The number of carbonyl (C=O) groups is 2. The maximum atomic E-state index is 14.0. The first kappa shape index (κ1) is 38.8. The van der Waals surface area contributed by atoms with Gasteiger partial charge < -0.3 is 20.2 Å². The molecule has 1 heterocycles. The molecule has 14 heteroatoms. The van der Waals surface area contributed by atoms with Crippen molar-refractivity contribution < 1.29 is 36.3 Å². The van der Waals surface area contributed by atoms with Crippen LogP contribution in [0.15, 0.2) is 131 Å². The molecule has 1 aliphatic heterocycles. The SMILES string of the molecule is O=C(NS(=O)(=O)c1ccc(NCCSc2ccccc2)c(C(F)(F)F)c1)c1ccc(N2CCN(C(=O)c3ccccc3C#Cc3cccc(O)c3)CC2)cc1. The molecule has 5 aromatic rings. The third-order valence-electron chi connectivity index (χ3n) is 8.67. The normalized spacial score (nSPS) is 13.1. The van der Waals surface area contributed by atoms with Crippen molar-refractivity contribution in [2.75, 3.05) is 48.7 Å². The Morgan fingerprint density at radius 1 is 0.800 bits per heavy atom. The molecule has 0 bridgehead atoms. The van der Waals surface area contributed by atoms with Gasteiger partial charge in [0.1, 0.15) is 5.75 Å². The number of anilines is 2. The first-order valence-electron chi connectivity index (χ1n) is 17.1. The second kappa shape index (κ2) is 17.0. The summed E-state index contributed by atoms with van der Waals surface area (Å²) < 4.78 is 70.0. The van der Waals surface area contributed by atoms with Gasteiger partial charge in [-0.05, 0) is 84.9 Å². The van der Waals surface area contributed by atoms with Crippen LogP contribution in [0.3, 0.4) is 0 Å². The number of rotatable bonds is 10.